The van der Waals surface area contributed by atoms with Gasteiger partial charge in [0.2, 0.25) is 15.9 Å². The Morgan fingerprint density at radius 3 is 2.56 bits per heavy atom. The van der Waals surface area contributed by atoms with Crippen LogP contribution in [0.3, 0.4) is 0 Å². The number of unbranched alkanes of at least 4 members (excludes halogenated alkanes) is 1. The molecule has 1 aliphatic heterocycles. The number of sulfonamides is 1. The Labute approximate surface area is 204 Å². The SMILES string of the molecule is CN(CCCC[C@H](NC(=O)OC(C)(C)C)C(=O)N1CCSC1)S(=O)(=O)c1ccccc1[N+](=O)[O-]. The van der Waals surface area contributed by atoms with Crippen molar-refractivity contribution in [2.75, 3.05) is 31.8 Å². The Balaban J connectivity index is 1.99. The summed E-state index contributed by atoms with van der Waals surface area (Å²) >= 11 is 1.63. The number of alkyl carbamates (subject to hydrolysis) is 1. The minimum Gasteiger partial charge on any atom is -0.444 e. The van der Waals surface area contributed by atoms with Crippen molar-refractivity contribution >= 4 is 39.5 Å². The van der Waals surface area contributed by atoms with Gasteiger partial charge >= 0.3 is 6.09 Å². The van der Waals surface area contributed by atoms with Gasteiger partial charge in [0.15, 0.2) is 4.90 Å². The fourth-order valence-electron chi connectivity index (χ4n) is 3.31. The van der Waals surface area contributed by atoms with Crippen LogP contribution in [0.15, 0.2) is 29.2 Å². The van der Waals surface area contributed by atoms with E-state index in [-0.39, 0.29) is 17.3 Å². The topological polar surface area (TPSA) is 139 Å². The number of hydrogen-bond donors (Lipinski definition) is 1. The molecule has 1 fully saturated rings. The summed E-state index contributed by atoms with van der Waals surface area (Å²) in [7, 11) is -2.70. The number of ether oxygens (including phenoxy) is 1. The van der Waals surface area contributed by atoms with Crippen molar-refractivity contribution in [2.45, 2.75) is 56.6 Å². The first-order chi connectivity index (χ1) is 15.8. The monoisotopic (exact) mass is 516 g/mol. The molecule has 0 spiro atoms. The molecule has 0 aliphatic carbocycles. The summed E-state index contributed by atoms with van der Waals surface area (Å²) in [6, 6.07) is 4.41. The highest BCUT2D eigenvalue weighted by atomic mass is 32.2. The summed E-state index contributed by atoms with van der Waals surface area (Å²) in [5, 5.41) is 13.9. The van der Waals surface area contributed by atoms with Crippen molar-refractivity contribution in [3.63, 3.8) is 0 Å². The lowest BCUT2D eigenvalue weighted by molar-refractivity contribution is -0.387. The highest BCUT2D eigenvalue weighted by Gasteiger charge is 2.31. The molecule has 0 radical (unpaired) electrons. The van der Waals surface area contributed by atoms with Crippen LogP contribution in [0.4, 0.5) is 10.5 Å². The fourth-order valence-corrected chi connectivity index (χ4v) is 5.63. The molecule has 2 amide bonds. The minimum absolute atomic E-state index is 0.0985. The summed E-state index contributed by atoms with van der Waals surface area (Å²) in [6.45, 7) is 5.89. The second-order valence-corrected chi connectivity index (χ2v) is 12.0. The van der Waals surface area contributed by atoms with Crippen LogP contribution in [0.2, 0.25) is 0 Å². The van der Waals surface area contributed by atoms with Crippen molar-refractivity contribution in [3.8, 4) is 0 Å². The number of nitro benzene ring substituents is 1. The third-order valence-electron chi connectivity index (χ3n) is 5.02. The molecule has 0 aromatic heterocycles. The van der Waals surface area contributed by atoms with E-state index in [4.69, 9.17) is 4.74 Å². The molecule has 1 atom stereocenters. The van der Waals surface area contributed by atoms with Gasteiger partial charge in [0.1, 0.15) is 11.6 Å². The molecule has 190 valence electrons. The summed E-state index contributed by atoms with van der Waals surface area (Å²) in [5.74, 6) is 1.19. The molecule has 34 heavy (non-hydrogen) atoms. The van der Waals surface area contributed by atoms with E-state index in [1.807, 2.05) is 0 Å². The van der Waals surface area contributed by atoms with E-state index in [0.29, 0.717) is 31.7 Å². The molecule has 1 saturated heterocycles. The fraction of sp³-hybridized carbons (Fsp3) is 0.619. The van der Waals surface area contributed by atoms with Crippen LogP contribution in [0.1, 0.15) is 40.0 Å². The van der Waals surface area contributed by atoms with Gasteiger partial charge in [0.05, 0.1) is 10.8 Å². The average molecular weight is 517 g/mol. The number of nitrogens with one attached hydrogen (secondary N) is 1. The zero-order valence-electron chi connectivity index (χ0n) is 19.9. The van der Waals surface area contributed by atoms with Gasteiger partial charge in [-0.25, -0.2) is 17.5 Å². The molecular formula is C21H32N4O7S2. The van der Waals surface area contributed by atoms with Crippen LogP contribution >= 0.6 is 11.8 Å². The zero-order chi connectivity index (χ0) is 25.5. The number of para-hydroxylation sites is 1. The molecular weight excluding hydrogens is 484 g/mol. The smallest absolute Gasteiger partial charge is 0.408 e. The Morgan fingerprint density at radius 1 is 1.29 bits per heavy atom. The normalized spacial score (nSPS) is 15.3. The quantitative estimate of drug-likeness (QED) is 0.284. The molecule has 0 bridgehead atoms. The first-order valence-corrected chi connectivity index (χ1v) is 13.5. The van der Waals surface area contributed by atoms with E-state index >= 15 is 0 Å². The number of rotatable bonds is 10. The third-order valence-corrected chi connectivity index (χ3v) is 7.89. The van der Waals surface area contributed by atoms with Crippen LogP contribution in [-0.4, -0.2) is 78.0 Å². The Bertz CT molecular complexity index is 989. The van der Waals surface area contributed by atoms with Gasteiger partial charge in [-0.05, 0) is 46.1 Å². The number of hydrogen-bond acceptors (Lipinski definition) is 8. The van der Waals surface area contributed by atoms with Gasteiger partial charge in [0, 0.05) is 32.0 Å². The Morgan fingerprint density at radius 2 is 1.97 bits per heavy atom. The van der Waals surface area contributed by atoms with Crippen molar-refractivity contribution in [1.29, 1.82) is 0 Å². The predicted molar refractivity (Wildman–Crippen MR) is 129 cm³/mol. The number of benzene rings is 1. The molecule has 0 unspecified atom stereocenters. The predicted octanol–water partition coefficient (Wildman–Crippen LogP) is 2.81. The van der Waals surface area contributed by atoms with Crippen LogP contribution in [0.5, 0.6) is 0 Å². The van der Waals surface area contributed by atoms with E-state index in [9.17, 15) is 28.1 Å². The molecule has 1 heterocycles. The lowest BCUT2D eigenvalue weighted by Crippen LogP contribution is -2.49. The van der Waals surface area contributed by atoms with Gasteiger partial charge < -0.3 is 15.0 Å². The number of carbonyl (C=O) groups is 2. The minimum atomic E-state index is -4.06. The second-order valence-electron chi connectivity index (χ2n) is 8.89. The van der Waals surface area contributed by atoms with Gasteiger partial charge in [0.25, 0.3) is 5.69 Å². The molecule has 2 rings (SSSR count). The maximum atomic E-state index is 12.9. The molecule has 1 aromatic carbocycles. The van der Waals surface area contributed by atoms with Crippen LogP contribution in [0.25, 0.3) is 0 Å². The van der Waals surface area contributed by atoms with Crippen molar-refractivity contribution in [1.82, 2.24) is 14.5 Å². The van der Waals surface area contributed by atoms with Crippen LogP contribution in [-0.2, 0) is 19.6 Å². The summed E-state index contributed by atoms with van der Waals surface area (Å²) < 4.78 is 32.0. The standard InChI is InChI=1S/C21H32N4O7S2/c1-21(2,3)32-20(27)22-16(19(26)24-13-14-33-15-24)9-7-8-12-23(4)34(30,31)18-11-6-5-10-17(18)25(28)29/h5-6,10-11,16H,7-9,12-15H2,1-4H3,(H,22,27)/t16-/m0/s1. The molecule has 11 nitrogen and oxygen atoms in total. The summed E-state index contributed by atoms with van der Waals surface area (Å²) in [6.07, 6.45) is 0.460. The zero-order valence-corrected chi connectivity index (χ0v) is 21.5. The van der Waals surface area contributed by atoms with Crippen LogP contribution < -0.4 is 5.32 Å². The van der Waals surface area contributed by atoms with E-state index < -0.39 is 38.4 Å². The van der Waals surface area contributed by atoms with E-state index in [2.05, 4.69) is 5.32 Å². The van der Waals surface area contributed by atoms with Gasteiger partial charge in [-0.3, -0.25) is 14.9 Å². The molecule has 13 heteroatoms. The first-order valence-electron chi connectivity index (χ1n) is 10.9. The second kappa shape index (κ2) is 11.8. The molecule has 1 aliphatic rings. The maximum absolute atomic E-state index is 12.9. The maximum Gasteiger partial charge on any atom is 0.408 e. The third kappa shape index (κ3) is 7.84. The Kier molecular flexibility index (Phi) is 9.71. The lowest BCUT2D eigenvalue weighted by Gasteiger charge is -2.26. The van der Waals surface area contributed by atoms with Gasteiger partial charge in [-0.2, -0.15) is 0 Å². The lowest BCUT2D eigenvalue weighted by atomic mass is 10.1. The molecule has 1 N–H and O–H groups in total. The first kappa shape index (κ1) is 27.9. The number of carbonyl (C=O) groups excluding carboxylic acids is 2. The van der Waals surface area contributed by atoms with E-state index in [1.165, 1.54) is 25.2 Å². The van der Waals surface area contributed by atoms with E-state index in [0.717, 1.165) is 16.1 Å². The summed E-state index contributed by atoms with van der Waals surface area (Å²) in [4.78, 5) is 36.9. The van der Waals surface area contributed by atoms with E-state index in [1.54, 1.807) is 37.4 Å². The van der Waals surface area contributed by atoms with Crippen molar-refractivity contribution < 1.29 is 27.7 Å². The van der Waals surface area contributed by atoms with Crippen LogP contribution in [0, 0.1) is 10.1 Å². The largest absolute Gasteiger partial charge is 0.444 e. The van der Waals surface area contributed by atoms with Crippen molar-refractivity contribution in [3.05, 3.63) is 34.4 Å². The molecule has 1 aromatic rings. The van der Waals surface area contributed by atoms with Gasteiger partial charge in [-0.15, -0.1) is 11.8 Å². The average Bonchev–Trinajstić information content (AvgIpc) is 3.28. The Hall–Kier alpha value is -2.38. The number of nitrogens with zero attached hydrogens (tertiary/aromatic N) is 3. The highest BCUT2D eigenvalue weighted by Crippen LogP contribution is 2.26. The number of nitro groups is 1. The van der Waals surface area contributed by atoms with Gasteiger partial charge in [-0.1, -0.05) is 12.1 Å². The molecule has 0 saturated carbocycles. The summed E-state index contributed by atoms with van der Waals surface area (Å²) in [5.41, 5.74) is -1.19. The number of amides is 2. The highest BCUT2D eigenvalue weighted by molar-refractivity contribution is 7.99. The number of thioether (sulfide) groups is 1. The van der Waals surface area contributed by atoms with Crippen molar-refractivity contribution in [2.24, 2.45) is 0 Å².